The molecule has 100 valence electrons. The molecule has 2 aromatic carbocycles. The molecule has 0 amide bonds. The van der Waals surface area contributed by atoms with Gasteiger partial charge in [-0.15, -0.1) is 0 Å². The summed E-state index contributed by atoms with van der Waals surface area (Å²) in [6, 6.07) is 16.8. The van der Waals surface area contributed by atoms with Gasteiger partial charge in [0.05, 0.1) is 7.11 Å². The number of methoxy groups -OCH3 is 1. The molecule has 0 heterocycles. The van der Waals surface area contributed by atoms with E-state index in [2.05, 4.69) is 48.6 Å². The van der Waals surface area contributed by atoms with Gasteiger partial charge in [-0.1, -0.05) is 42.0 Å². The number of aryl methyl sites for hydroxylation is 1. The minimum absolute atomic E-state index is 0.878. The van der Waals surface area contributed by atoms with Gasteiger partial charge in [0.1, 0.15) is 5.75 Å². The summed E-state index contributed by atoms with van der Waals surface area (Å²) in [6.07, 6.45) is 1.06. The fourth-order valence-corrected chi connectivity index (χ4v) is 2.12. The number of hydrogen-bond acceptors (Lipinski definition) is 2. The Kier molecular flexibility index (Phi) is 4.99. The van der Waals surface area contributed by atoms with Gasteiger partial charge in [0, 0.05) is 6.54 Å². The smallest absolute Gasteiger partial charge is 0.119 e. The molecule has 0 bridgehead atoms. The number of benzene rings is 2. The van der Waals surface area contributed by atoms with E-state index in [1.54, 1.807) is 7.11 Å². The minimum Gasteiger partial charge on any atom is -0.497 e. The molecule has 0 saturated heterocycles. The van der Waals surface area contributed by atoms with E-state index in [4.69, 9.17) is 4.74 Å². The molecular formula is C17H21NO. The summed E-state index contributed by atoms with van der Waals surface area (Å²) in [7, 11) is 1.70. The second-order valence-electron chi connectivity index (χ2n) is 4.77. The van der Waals surface area contributed by atoms with Crippen molar-refractivity contribution in [2.75, 3.05) is 13.7 Å². The van der Waals surface area contributed by atoms with Crippen LogP contribution in [0.4, 0.5) is 0 Å². The molecule has 0 aliphatic rings. The average molecular weight is 255 g/mol. The maximum atomic E-state index is 5.22. The first-order chi connectivity index (χ1) is 9.28. The van der Waals surface area contributed by atoms with Crippen molar-refractivity contribution in [3.8, 4) is 5.75 Å². The average Bonchev–Trinajstić information content (AvgIpc) is 2.44. The Morgan fingerprint density at radius 1 is 1.00 bits per heavy atom. The third-order valence-electron chi connectivity index (χ3n) is 3.14. The topological polar surface area (TPSA) is 21.3 Å². The van der Waals surface area contributed by atoms with Gasteiger partial charge >= 0.3 is 0 Å². The lowest BCUT2D eigenvalue weighted by molar-refractivity contribution is 0.414. The summed E-state index contributed by atoms with van der Waals surface area (Å²) in [4.78, 5) is 0. The Balaban J connectivity index is 1.77. The van der Waals surface area contributed by atoms with Crippen LogP contribution in [-0.4, -0.2) is 13.7 Å². The van der Waals surface area contributed by atoms with Crippen molar-refractivity contribution in [1.82, 2.24) is 5.32 Å². The quantitative estimate of drug-likeness (QED) is 0.799. The minimum atomic E-state index is 0.878. The van der Waals surface area contributed by atoms with Gasteiger partial charge < -0.3 is 10.1 Å². The van der Waals surface area contributed by atoms with E-state index in [0.717, 1.165) is 25.3 Å². The standard InChI is InChI=1S/C17H21NO/c1-14-5-3-6-15(11-14)9-10-18-13-16-7-4-8-17(12-16)19-2/h3-8,11-12,18H,9-10,13H2,1-2H3. The van der Waals surface area contributed by atoms with E-state index in [1.165, 1.54) is 16.7 Å². The molecule has 2 rings (SSSR count). The first-order valence-corrected chi connectivity index (χ1v) is 6.67. The Labute approximate surface area is 115 Å². The van der Waals surface area contributed by atoms with E-state index in [1.807, 2.05) is 12.1 Å². The second-order valence-corrected chi connectivity index (χ2v) is 4.77. The van der Waals surface area contributed by atoms with Crippen molar-refractivity contribution in [2.45, 2.75) is 19.9 Å². The second kappa shape index (κ2) is 6.95. The fraction of sp³-hybridized carbons (Fsp3) is 0.294. The van der Waals surface area contributed by atoms with Gasteiger partial charge in [-0.25, -0.2) is 0 Å². The van der Waals surface area contributed by atoms with Crippen molar-refractivity contribution in [3.63, 3.8) is 0 Å². The maximum Gasteiger partial charge on any atom is 0.119 e. The predicted octanol–water partition coefficient (Wildman–Crippen LogP) is 3.34. The lowest BCUT2D eigenvalue weighted by Crippen LogP contribution is -2.16. The van der Waals surface area contributed by atoms with Gasteiger partial charge in [-0.2, -0.15) is 0 Å². The molecule has 0 aliphatic heterocycles. The Morgan fingerprint density at radius 3 is 2.58 bits per heavy atom. The lowest BCUT2D eigenvalue weighted by Gasteiger charge is -2.07. The van der Waals surface area contributed by atoms with Crippen LogP contribution in [0.2, 0.25) is 0 Å². The van der Waals surface area contributed by atoms with Gasteiger partial charge in [0.15, 0.2) is 0 Å². The van der Waals surface area contributed by atoms with Gasteiger partial charge in [0.25, 0.3) is 0 Å². The molecule has 1 N–H and O–H groups in total. The predicted molar refractivity (Wildman–Crippen MR) is 79.6 cm³/mol. The van der Waals surface area contributed by atoms with Crippen LogP contribution in [0.5, 0.6) is 5.75 Å². The van der Waals surface area contributed by atoms with Crippen LogP contribution in [0.25, 0.3) is 0 Å². The highest BCUT2D eigenvalue weighted by molar-refractivity contribution is 5.28. The summed E-state index contributed by atoms with van der Waals surface area (Å²) in [6.45, 7) is 4.00. The van der Waals surface area contributed by atoms with Crippen LogP contribution in [0.15, 0.2) is 48.5 Å². The number of hydrogen-bond donors (Lipinski definition) is 1. The summed E-state index contributed by atoms with van der Waals surface area (Å²) >= 11 is 0. The van der Waals surface area contributed by atoms with Crippen LogP contribution in [0.1, 0.15) is 16.7 Å². The summed E-state index contributed by atoms with van der Waals surface area (Å²) in [5, 5.41) is 3.47. The molecule has 2 aromatic rings. The van der Waals surface area contributed by atoms with Crippen LogP contribution in [0.3, 0.4) is 0 Å². The molecule has 0 aromatic heterocycles. The van der Waals surface area contributed by atoms with Gasteiger partial charge in [0.2, 0.25) is 0 Å². The molecule has 0 fully saturated rings. The largest absolute Gasteiger partial charge is 0.497 e. The van der Waals surface area contributed by atoms with Crippen molar-refractivity contribution in [2.24, 2.45) is 0 Å². The molecule has 0 spiro atoms. The monoisotopic (exact) mass is 255 g/mol. The van der Waals surface area contributed by atoms with E-state index in [9.17, 15) is 0 Å². The van der Waals surface area contributed by atoms with E-state index in [-0.39, 0.29) is 0 Å². The van der Waals surface area contributed by atoms with Gasteiger partial charge in [-0.3, -0.25) is 0 Å². The van der Waals surface area contributed by atoms with E-state index >= 15 is 0 Å². The van der Waals surface area contributed by atoms with Crippen molar-refractivity contribution in [3.05, 3.63) is 65.2 Å². The summed E-state index contributed by atoms with van der Waals surface area (Å²) in [5.74, 6) is 0.915. The van der Waals surface area contributed by atoms with Crippen LogP contribution in [0, 0.1) is 6.92 Å². The molecular weight excluding hydrogens is 234 g/mol. The van der Waals surface area contributed by atoms with Crippen molar-refractivity contribution >= 4 is 0 Å². The van der Waals surface area contributed by atoms with Gasteiger partial charge in [-0.05, 0) is 43.1 Å². The normalized spacial score (nSPS) is 10.4. The highest BCUT2D eigenvalue weighted by Gasteiger charge is 1.97. The van der Waals surface area contributed by atoms with Crippen molar-refractivity contribution < 1.29 is 4.74 Å². The number of rotatable bonds is 6. The molecule has 0 radical (unpaired) electrons. The molecule has 2 heteroatoms. The van der Waals surface area contributed by atoms with Crippen molar-refractivity contribution in [1.29, 1.82) is 0 Å². The Hall–Kier alpha value is -1.80. The first kappa shape index (κ1) is 13.6. The summed E-state index contributed by atoms with van der Waals surface area (Å²) in [5.41, 5.74) is 3.96. The summed E-state index contributed by atoms with van der Waals surface area (Å²) < 4.78 is 5.22. The Bertz CT molecular complexity index is 522. The van der Waals surface area contributed by atoms with Crippen LogP contribution < -0.4 is 10.1 Å². The highest BCUT2D eigenvalue weighted by Crippen LogP contribution is 2.12. The molecule has 0 atom stereocenters. The highest BCUT2D eigenvalue weighted by atomic mass is 16.5. The molecule has 0 aliphatic carbocycles. The molecule has 19 heavy (non-hydrogen) atoms. The van der Waals surface area contributed by atoms with E-state index in [0.29, 0.717) is 0 Å². The number of nitrogens with one attached hydrogen (secondary N) is 1. The third kappa shape index (κ3) is 4.42. The number of ether oxygens (including phenoxy) is 1. The fourth-order valence-electron chi connectivity index (χ4n) is 2.12. The maximum absolute atomic E-state index is 5.22. The lowest BCUT2D eigenvalue weighted by atomic mass is 10.1. The van der Waals surface area contributed by atoms with E-state index < -0.39 is 0 Å². The molecule has 2 nitrogen and oxygen atoms in total. The SMILES string of the molecule is COc1cccc(CNCCc2cccc(C)c2)c1. The zero-order valence-electron chi connectivity index (χ0n) is 11.6. The van der Waals surface area contributed by atoms with Crippen LogP contribution >= 0.6 is 0 Å². The molecule has 0 unspecified atom stereocenters. The Morgan fingerprint density at radius 2 is 1.79 bits per heavy atom. The zero-order valence-corrected chi connectivity index (χ0v) is 11.6. The third-order valence-corrected chi connectivity index (χ3v) is 3.14. The van der Waals surface area contributed by atoms with Crippen LogP contribution in [-0.2, 0) is 13.0 Å². The molecule has 0 saturated carbocycles. The zero-order chi connectivity index (χ0) is 13.5. The first-order valence-electron chi connectivity index (χ1n) is 6.67.